The highest BCUT2D eigenvalue weighted by molar-refractivity contribution is 7.13. The van der Waals surface area contributed by atoms with E-state index in [2.05, 4.69) is 15.7 Å². The van der Waals surface area contributed by atoms with Crippen molar-refractivity contribution in [2.24, 2.45) is 5.92 Å². The molecule has 1 aliphatic carbocycles. The molecular weight excluding hydrogens is 224 g/mol. The third-order valence-electron chi connectivity index (χ3n) is 3.05. The van der Waals surface area contributed by atoms with Gasteiger partial charge in [-0.25, -0.2) is 4.98 Å². The monoisotopic (exact) mass is 238 g/mol. The van der Waals surface area contributed by atoms with Crippen LogP contribution in [0.25, 0.3) is 0 Å². The summed E-state index contributed by atoms with van der Waals surface area (Å²) in [5.41, 5.74) is 1.14. The predicted molar refractivity (Wildman–Crippen MR) is 61.6 cm³/mol. The van der Waals surface area contributed by atoms with Crippen molar-refractivity contribution < 1.29 is 9.53 Å². The van der Waals surface area contributed by atoms with Crippen molar-refractivity contribution in [1.82, 2.24) is 4.98 Å². The summed E-state index contributed by atoms with van der Waals surface area (Å²) in [5.74, 6) is 0.708. The number of nitrogens with zero attached hydrogens (tertiary/aromatic N) is 1. The molecule has 1 amide bonds. The van der Waals surface area contributed by atoms with Crippen molar-refractivity contribution in [3.63, 3.8) is 0 Å². The summed E-state index contributed by atoms with van der Waals surface area (Å²) in [4.78, 5) is 16.2. The van der Waals surface area contributed by atoms with Crippen molar-refractivity contribution in [3.8, 4) is 0 Å². The van der Waals surface area contributed by atoms with E-state index in [-0.39, 0.29) is 11.8 Å². The van der Waals surface area contributed by atoms with Crippen LogP contribution in [0.2, 0.25) is 0 Å². The molecule has 0 spiro atoms. The van der Waals surface area contributed by atoms with Gasteiger partial charge in [0.15, 0.2) is 5.13 Å². The van der Waals surface area contributed by atoms with E-state index in [4.69, 9.17) is 4.74 Å². The first-order valence-electron chi connectivity index (χ1n) is 5.67. The molecule has 0 unspecified atom stereocenters. The van der Waals surface area contributed by atoms with Crippen molar-refractivity contribution >= 4 is 22.4 Å². The zero-order chi connectivity index (χ0) is 11.0. The molecule has 5 heteroatoms. The Labute approximate surface area is 98.0 Å². The smallest absolute Gasteiger partial charge is 0.231 e. The minimum atomic E-state index is 0.00766. The van der Waals surface area contributed by atoms with Crippen LogP contribution in [0.3, 0.4) is 0 Å². The Bertz CT molecular complexity index is 394. The van der Waals surface area contributed by atoms with Gasteiger partial charge in [-0.2, -0.15) is 0 Å². The predicted octanol–water partition coefficient (Wildman–Crippen LogP) is 2.00. The van der Waals surface area contributed by atoms with Crippen molar-refractivity contribution in [2.75, 3.05) is 18.5 Å². The van der Waals surface area contributed by atoms with Crippen molar-refractivity contribution in [2.45, 2.75) is 25.2 Å². The standard InChI is InChI=1S/C11H14N2O2S/c14-10(8-3-4-15-5-8)13-11-12-9(6-16-11)7-1-2-7/h6-8H,1-5H2,(H,12,13,14)/t8-/m0/s1. The highest BCUT2D eigenvalue weighted by Gasteiger charge is 2.27. The van der Waals surface area contributed by atoms with Crippen LogP contribution >= 0.6 is 11.3 Å². The van der Waals surface area contributed by atoms with E-state index in [1.807, 2.05) is 0 Å². The fourth-order valence-corrected chi connectivity index (χ4v) is 2.65. The largest absolute Gasteiger partial charge is 0.381 e. The molecule has 1 N–H and O–H groups in total. The molecule has 1 saturated heterocycles. The summed E-state index contributed by atoms with van der Waals surface area (Å²) in [5, 5.41) is 5.66. The SMILES string of the molecule is O=C(Nc1nc(C2CC2)cs1)[C@H]1CCOC1. The normalized spacial score (nSPS) is 24.6. The van der Waals surface area contributed by atoms with E-state index in [0.29, 0.717) is 19.1 Å². The van der Waals surface area contributed by atoms with Gasteiger partial charge in [-0.1, -0.05) is 0 Å². The number of hydrogen-bond donors (Lipinski definition) is 1. The first-order valence-corrected chi connectivity index (χ1v) is 6.55. The Morgan fingerprint density at radius 1 is 1.50 bits per heavy atom. The first-order chi connectivity index (χ1) is 7.83. The van der Waals surface area contributed by atoms with Crippen LogP contribution in [-0.2, 0) is 9.53 Å². The van der Waals surface area contributed by atoms with Gasteiger partial charge in [-0.15, -0.1) is 11.3 Å². The minimum Gasteiger partial charge on any atom is -0.381 e. The van der Waals surface area contributed by atoms with Gasteiger partial charge in [0.25, 0.3) is 0 Å². The van der Waals surface area contributed by atoms with Crippen molar-refractivity contribution in [1.29, 1.82) is 0 Å². The molecular formula is C11H14N2O2S. The van der Waals surface area contributed by atoms with Gasteiger partial charge < -0.3 is 10.1 Å². The number of amides is 1. The van der Waals surface area contributed by atoms with Crippen LogP contribution in [0.5, 0.6) is 0 Å². The second-order valence-corrected chi connectivity index (χ2v) is 5.26. The van der Waals surface area contributed by atoms with E-state index < -0.39 is 0 Å². The molecule has 4 nitrogen and oxygen atoms in total. The van der Waals surface area contributed by atoms with Crippen LogP contribution in [-0.4, -0.2) is 24.1 Å². The highest BCUT2D eigenvalue weighted by atomic mass is 32.1. The number of rotatable bonds is 3. The highest BCUT2D eigenvalue weighted by Crippen LogP contribution is 2.40. The molecule has 16 heavy (non-hydrogen) atoms. The first kappa shape index (κ1) is 10.2. The lowest BCUT2D eigenvalue weighted by Crippen LogP contribution is -2.22. The lowest BCUT2D eigenvalue weighted by molar-refractivity contribution is -0.119. The zero-order valence-corrected chi connectivity index (χ0v) is 9.76. The lowest BCUT2D eigenvalue weighted by Gasteiger charge is -2.05. The number of carbonyl (C=O) groups is 1. The number of carbonyl (C=O) groups excluding carboxylic acids is 1. The number of ether oxygens (including phenoxy) is 1. The Kier molecular flexibility index (Phi) is 2.65. The molecule has 0 radical (unpaired) electrons. The van der Waals surface area contributed by atoms with Crippen LogP contribution in [0.15, 0.2) is 5.38 Å². The minimum absolute atomic E-state index is 0.00766. The summed E-state index contributed by atoms with van der Waals surface area (Å²) in [6.07, 6.45) is 3.31. The van der Waals surface area contributed by atoms with Gasteiger partial charge in [0, 0.05) is 17.9 Å². The van der Waals surface area contributed by atoms with Gasteiger partial charge in [-0.3, -0.25) is 4.79 Å². The van der Waals surface area contributed by atoms with Gasteiger partial charge in [0.1, 0.15) is 0 Å². The topological polar surface area (TPSA) is 51.2 Å². The van der Waals surface area contributed by atoms with Crippen LogP contribution < -0.4 is 5.32 Å². The molecule has 1 aromatic rings. The van der Waals surface area contributed by atoms with Gasteiger partial charge in [-0.05, 0) is 19.3 Å². The van der Waals surface area contributed by atoms with E-state index in [0.717, 1.165) is 17.2 Å². The van der Waals surface area contributed by atoms with Gasteiger partial charge in [0.05, 0.1) is 18.2 Å². The average molecular weight is 238 g/mol. The van der Waals surface area contributed by atoms with E-state index in [1.165, 1.54) is 24.2 Å². The molecule has 1 aliphatic heterocycles. The average Bonchev–Trinajstić information content (AvgIpc) is 2.82. The van der Waals surface area contributed by atoms with Crippen LogP contribution in [0.4, 0.5) is 5.13 Å². The number of aromatic nitrogens is 1. The summed E-state index contributed by atoms with van der Waals surface area (Å²) in [7, 11) is 0. The van der Waals surface area contributed by atoms with E-state index in [9.17, 15) is 4.79 Å². The number of hydrogen-bond acceptors (Lipinski definition) is 4. The summed E-state index contributed by atoms with van der Waals surface area (Å²) < 4.78 is 5.19. The summed E-state index contributed by atoms with van der Waals surface area (Å²) >= 11 is 1.52. The fourth-order valence-electron chi connectivity index (χ4n) is 1.86. The Morgan fingerprint density at radius 3 is 3.06 bits per heavy atom. The molecule has 0 bridgehead atoms. The quantitative estimate of drug-likeness (QED) is 0.876. The number of thiazole rings is 1. The molecule has 2 heterocycles. The second kappa shape index (κ2) is 4.14. The summed E-state index contributed by atoms with van der Waals surface area (Å²) in [6.45, 7) is 1.25. The number of nitrogens with one attached hydrogen (secondary N) is 1. The maximum Gasteiger partial charge on any atom is 0.231 e. The molecule has 2 aliphatic rings. The van der Waals surface area contributed by atoms with E-state index in [1.54, 1.807) is 0 Å². The van der Waals surface area contributed by atoms with Gasteiger partial charge in [0.2, 0.25) is 5.91 Å². The third-order valence-corrected chi connectivity index (χ3v) is 3.82. The molecule has 2 fully saturated rings. The van der Waals surface area contributed by atoms with Crippen LogP contribution in [0, 0.1) is 5.92 Å². The fraction of sp³-hybridized carbons (Fsp3) is 0.636. The maximum atomic E-state index is 11.8. The molecule has 1 atom stereocenters. The maximum absolute atomic E-state index is 11.8. The molecule has 1 saturated carbocycles. The molecule has 3 rings (SSSR count). The molecule has 1 aromatic heterocycles. The number of anilines is 1. The summed E-state index contributed by atoms with van der Waals surface area (Å²) in [6, 6.07) is 0. The Morgan fingerprint density at radius 2 is 2.38 bits per heavy atom. The van der Waals surface area contributed by atoms with Crippen molar-refractivity contribution in [3.05, 3.63) is 11.1 Å². The van der Waals surface area contributed by atoms with E-state index >= 15 is 0 Å². The third kappa shape index (κ3) is 2.10. The Hall–Kier alpha value is -0.940. The van der Waals surface area contributed by atoms with Gasteiger partial charge >= 0.3 is 0 Å². The Balaban J connectivity index is 1.61. The second-order valence-electron chi connectivity index (χ2n) is 4.40. The molecule has 86 valence electrons. The lowest BCUT2D eigenvalue weighted by atomic mass is 10.1. The van der Waals surface area contributed by atoms with Crippen LogP contribution in [0.1, 0.15) is 30.9 Å². The molecule has 0 aromatic carbocycles. The zero-order valence-electron chi connectivity index (χ0n) is 8.94.